The molecule has 2 aliphatic rings. The van der Waals surface area contributed by atoms with Gasteiger partial charge in [-0.1, -0.05) is 6.07 Å². The molecule has 1 atom stereocenters. The van der Waals surface area contributed by atoms with Gasteiger partial charge in [0.05, 0.1) is 12.7 Å². The van der Waals surface area contributed by atoms with E-state index in [-0.39, 0.29) is 11.3 Å². The molecule has 0 saturated carbocycles. The Labute approximate surface area is 208 Å². The molecule has 1 unspecified atom stereocenters. The molecule has 35 heavy (non-hydrogen) atoms. The SMILES string of the molecule is COc1ccc(/C(O)=C2/C(=O)C(=O)N(c3ccc(N4CCN(C)CC4)cc3)C2c2cccs2)cc1. The normalized spacial score (nSPS) is 20.5. The first-order chi connectivity index (χ1) is 17.0. The minimum absolute atomic E-state index is 0.0887. The van der Waals surface area contributed by atoms with E-state index in [1.807, 2.05) is 41.8 Å². The van der Waals surface area contributed by atoms with E-state index in [4.69, 9.17) is 4.74 Å². The van der Waals surface area contributed by atoms with Gasteiger partial charge in [0.1, 0.15) is 17.6 Å². The summed E-state index contributed by atoms with van der Waals surface area (Å²) in [6, 6.07) is 17.6. The summed E-state index contributed by atoms with van der Waals surface area (Å²) in [4.78, 5) is 33.4. The molecular formula is C27H27N3O4S. The number of likely N-dealkylation sites (N-methyl/N-ethyl adjacent to an activating group) is 1. The van der Waals surface area contributed by atoms with Crippen LogP contribution in [-0.4, -0.2) is 62.0 Å². The van der Waals surface area contributed by atoms with Crippen LogP contribution in [0.25, 0.3) is 5.76 Å². The Bertz CT molecular complexity index is 1240. The van der Waals surface area contributed by atoms with Crippen molar-refractivity contribution in [2.24, 2.45) is 0 Å². The predicted octanol–water partition coefficient (Wildman–Crippen LogP) is 4.13. The number of piperazine rings is 1. The largest absolute Gasteiger partial charge is 0.507 e. The number of thiophene rings is 1. The van der Waals surface area contributed by atoms with Crippen LogP contribution in [0.5, 0.6) is 5.75 Å². The Morgan fingerprint density at radius 2 is 1.60 bits per heavy atom. The molecule has 7 nitrogen and oxygen atoms in total. The highest BCUT2D eigenvalue weighted by atomic mass is 32.1. The molecule has 1 N–H and O–H groups in total. The van der Waals surface area contributed by atoms with Crippen molar-refractivity contribution in [2.75, 3.05) is 50.1 Å². The minimum atomic E-state index is -0.702. The summed E-state index contributed by atoms with van der Waals surface area (Å²) in [5, 5.41) is 13.1. The van der Waals surface area contributed by atoms with Gasteiger partial charge in [-0.15, -0.1) is 11.3 Å². The Morgan fingerprint density at radius 3 is 2.20 bits per heavy atom. The molecule has 180 valence electrons. The van der Waals surface area contributed by atoms with E-state index >= 15 is 0 Å². The fourth-order valence-electron chi connectivity index (χ4n) is 4.61. The zero-order valence-electron chi connectivity index (χ0n) is 19.7. The highest BCUT2D eigenvalue weighted by Crippen LogP contribution is 2.44. The summed E-state index contributed by atoms with van der Waals surface area (Å²) in [6.07, 6.45) is 0. The van der Waals surface area contributed by atoms with Crippen LogP contribution in [0.4, 0.5) is 11.4 Å². The van der Waals surface area contributed by atoms with E-state index in [0.717, 1.165) is 36.7 Å². The molecule has 8 heteroatoms. The number of hydrogen-bond donors (Lipinski definition) is 1. The number of amides is 1. The van der Waals surface area contributed by atoms with Crippen molar-refractivity contribution in [3.05, 3.63) is 82.1 Å². The standard InChI is InChI=1S/C27H27N3O4S/c1-28-13-15-29(16-14-28)19-7-9-20(10-8-19)30-24(22-4-3-17-35-22)23(26(32)27(30)33)25(31)18-5-11-21(34-2)12-6-18/h3-12,17,24,31H,13-16H2,1-2H3/b25-23-. The van der Waals surface area contributed by atoms with Crippen LogP contribution in [-0.2, 0) is 9.59 Å². The van der Waals surface area contributed by atoms with Crippen molar-refractivity contribution in [1.82, 2.24) is 4.90 Å². The lowest BCUT2D eigenvalue weighted by atomic mass is 9.99. The van der Waals surface area contributed by atoms with Gasteiger partial charge in [0, 0.05) is 48.0 Å². The molecule has 3 heterocycles. The number of ketones is 1. The first-order valence-electron chi connectivity index (χ1n) is 11.5. The van der Waals surface area contributed by atoms with E-state index < -0.39 is 17.7 Å². The van der Waals surface area contributed by atoms with Gasteiger partial charge in [0.15, 0.2) is 0 Å². The number of methoxy groups -OCH3 is 1. The third-order valence-electron chi connectivity index (χ3n) is 6.62. The van der Waals surface area contributed by atoms with E-state index in [0.29, 0.717) is 17.0 Å². The summed E-state index contributed by atoms with van der Waals surface area (Å²) in [5.74, 6) is -0.899. The highest BCUT2D eigenvalue weighted by Gasteiger charge is 2.47. The second kappa shape index (κ2) is 9.56. The number of aliphatic hydroxyl groups is 1. The monoisotopic (exact) mass is 489 g/mol. The molecule has 5 rings (SSSR count). The quantitative estimate of drug-likeness (QED) is 0.330. The summed E-state index contributed by atoms with van der Waals surface area (Å²) >= 11 is 1.45. The van der Waals surface area contributed by atoms with Crippen LogP contribution in [0, 0.1) is 0 Å². The summed E-state index contributed by atoms with van der Waals surface area (Å²) < 4.78 is 5.20. The molecule has 0 radical (unpaired) electrons. The molecule has 1 aromatic heterocycles. The van der Waals surface area contributed by atoms with E-state index in [2.05, 4.69) is 16.8 Å². The average Bonchev–Trinajstić information content (AvgIpc) is 3.51. The van der Waals surface area contributed by atoms with Gasteiger partial charge in [-0.05, 0) is 67.0 Å². The lowest BCUT2D eigenvalue weighted by Gasteiger charge is -2.34. The Morgan fingerprint density at radius 1 is 0.943 bits per heavy atom. The van der Waals surface area contributed by atoms with Crippen molar-refractivity contribution in [1.29, 1.82) is 0 Å². The maximum atomic E-state index is 13.3. The van der Waals surface area contributed by atoms with E-state index in [1.165, 1.54) is 16.2 Å². The van der Waals surface area contributed by atoms with Crippen LogP contribution in [0.15, 0.2) is 71.6 Å². The zero-order valence-corrected chi connectivity index (χ0v) is 20.5. The first-order valence-corrected chi connectivity index (χ1v) is 12.4. The second-order valence-corrected chi connectivity index (χ2v) is 9.70. The topological polar surface area (TPSA) is 73.3 Å². The fourth-order valence-corrected chi connectivity index (χ4v) is 5.43. The van der Waals surface area contributed by atoms with E-state index in [1.54, 1.807) is 31.4 Å². The Kier molecular flexibility index (Phi) is 6.32. The minimum Gasteiger partial charge on any atom is -0.507 e. The van der Waals surface area contributed by atoms with Gasteiger partial charge in [0.2, 0.25) is 0 Å². The van der Waals surface area contributed by atoms with Gasteiger partial charge in [-0.2, -0.15) is 0 Å². The van der Waals surface area contributed by atoms with Crippen molar-refractivity contribution in [2.45, 2.75) is 6.04 Å². The van der Waals surface area contributed by atoms with Crippen LogP contribution in [0.1, 0.15) is 16.5 Å². The molecule has 0 spiro atoms. The number of hydrogen-bond acceptors (Lipinski definition) is 7. The molecule has 2 saturated heterocycles. The number of carbonyl (C=O) groups is 2. The number of ether oxygens (including phenoxy) is 1. The maximum absolute atomic E-state index is 13.3. The maximum Gasteiger partial charge on any atom is 0.300 e. The molecule has 0 aliphatic carbocycles. The van der Waals surface area contributed by atoms with Crippen LogP contribution in [0.2, 0.25) is 0 Å². The average molecular weight is 490 g/mol. The van der Waals surface area contributed by atoms with Gasteiger partial charge in [-0.3, -0.25) is 14.5 Å². The zero-order chi connectivity index (χ0) is 24.5. The molecule has 3 aromatic rings. The van der Waals surface area contributed by atoms with Crippen LogP contribution >= 0.6 is 11.3 Å². The van der Waals surface area contributed by atoms with Crippen molar-refractivity contribution >= 4 is 40.2 Å². The number of rotatable bonds is 5. The number of aliphatic hydroxyl groups excluding tert-OH is 1. The predicted molar refractivity (Wildman–Crippen MR) is 138 cm³/mol. The van der Waals surface area contributed by atoms with Crippen LogP contribution < -0.4 is 14.5 Å². The summed E-state index contributed by atoms with van der Waals surface area (Å²) in [6.45, 7) is 3.88. The van der Waals surface area contributed by atoms with Gasteiger partial charge < -0.3 is 19.6 Å². The highest BCUT2D eigenvalue weighted by molar-refractivity contribution is 7.10. The molecule has 2 aliphatic heterocycles. The lowest BCUT2D eigenvalue weighted by molar-refractivity contribution is -0.132. The molecular weight excluding hydrogens is 462 g/mol. The number of benzene rings is 2. The van der Waals surface area contributed by atoms with Gasteiger partial charge in [0.25, 0.3) is 11.7 Å². The third-order valence-corrected chi connectivity index (χ3v) is 7.54. The summed E-state index contributed by atoms with van der Waals surface area (Å²) in [5.41, 5.74) is 2.25. The van der Waals surface area contributed by atoms with E-state index in [9.17, 15) is 14.7 Å². The lowest BCUT2D eigenvalue weighted by Crippen LogP contribution is -2.44. The Hall–Kier alpha value is -3.62. The number of nitrogens with zero attached hydrogens (tertiary/aromatic N) is 3. The fraction of sp³-hybridized carbons (Fsp3) is 0.259. The molecule has 0 bridgehead atoms. The van der Waals surface area contributed by atoms with Crippen LogP contribution in [0.3, 0.4) is 0 Å². The second-order valence-electron chi connectivity index (χ2n) is 8.72. The molecule has 2 aromatic carbocycles. The van der Waals surface area contributed by atoms with Crippen molar-refractivity contribution in [3.63, 3.8) is 0 Å². The number of anilines is 2. The molecule has 2 fully saturated rings. The smallest absolute Gasteiger partial charge is 0.300 e. The number of carbonyl (C=O) groups excluding carboxylic acids is 2. The third kappa shape index (κ3) is 4.31. The van der Waals surface area contributed by atoms with Gasteiger partial charge >= 0.3 is 0 Å². The summed E-state index contributed by atoms with van der Waals surface area (Å²) in [7, 11) is 3.68. The van der Waals surface area contributed by atoms with Gasteiger partial charge in [-0.25, -0.2) is 0 Å². The first kappa shape index (κ1) is 23.1. The van der Waals surface area contributed by atoms with Crippen molar-refractivity contribution in [3.8, 4) is 5.75 Å². The molecule has 1 amide bonds. The number of Topliss-reactive ketones (excluding diaryl/α,β-unsaturated/α-hetero) is 1. The Balaban J connectivity index is 1.53. The van der Waals surface area contributed by atoms with Crippen molar-refractivity contribution < 1.29 is 19.4 Å².